The van der Waals surface area contributed by atoms with Crippen LogP contribution in [-0.2, 0) is 16.0 Å². The maximum atomic E-state index is 11.8. The van der Waals surface area contributed by atoms with Gasteiger partial charge in [0, 0.05) is 9.99 Å². The Morgan fingerprint density at radius 1 is 1.33 bits per heavy atom. The van der Waals surface area contributed by atoms with Gasteiger partial charge in [0.05, 0.1) is 0 Å². The highest BCUT2D eigenvalue weighted by molar-refractivity contribution is 14.1. The van der Waals surface area contributed by atoms with Crippen molar-refractivity contribution >= 4 is 34.5 Å². The van der Waals surface area contributed by atoms with Gasteiger partial charge in [-0.1, -0.05) is 26.0 Å². The number of amides is 1. The molecule has 0 aliphatic carbocycles. The molecule has 0 aliphatic rings. The molecule has 21 heavy (non-hydrogen) atoms. The van der Waals surface area contributed by atoms with E-state index >= 15 is 0 Å². The van der Waals surface area contributed by atoms with E-state index in [-0.39, 0.29) is 12.3 Å². The Morgan fingerprint density at radius 3 is 2.52 bits per heavy atom. The van der Waals surface area contributed by atoms with Gasteiger partial charge in [0.25, 0.3) is 0 Å². The summed E-state index contributed by atoms with van der Waals surface area (Å²) >= 11 is 2.14. The largest absolute Gasteiger partial charge is 0.480 e. The Kier molecular flexibility index (Phi) is 7.10. The summed E-state index contributed by atoms with van der Waals surface area (Å²) in [5.74, 6) is -1.59. The molecule has 3 N–H and O–H groups in total. The summed E-state index contributed by atoms with van der Waals surface area (Å²) in [6.45, 7) is 3.77. The smallest absolute Gasteiger partial charge is 0.326 e. The molecule has 0 unspecified atom stereocenters. The van der Waals surface area contributed by atoms with Gasteiger partial charge in [-0.2, -0.15) is 0 Å². The molecule has 116 valence electrons. The molecule has 2 atom stereocenters. The Bertz CT molecular complexity index is 504. The second-order valence-corrected chi connectivity index (χ2v) is 6.62. The predicted octanol–water partition coefficient (Wildman–Crippen LogP) is 1.81. The quantitative estimate of drug-likeness (QED) is 0.604. The summed E-state index contributed by atoms with van der Waals surface area (Å²) in [7, 11) is 0. The maximum absolute atomic E-state index is 11.8. The average Bonchev–Trinajstić information content (AvgIpc) is 2.36. The molecule has 0 spiro atoms. The maximum Gasteiger partial charge on any atom is 0.326 e. The fourth-order valence-electron chi connectivity index (χ4n) is 1.92. The third-order valence-corrected chi connectivity index (χ3v) is 3.61. The van der Waals surface area contributed by atoms with Crippen LogP contribution >= 0.6 is 22.6 Å². The number of aliphatic carboxylic acids is 1. The molecule has 0 heterocycles. The molecular weight excluding hydrogens is 385 g/mol. The number of carbonyl (C=O) groups excluding carboxylic acids is 1. The minimum atomic E-state index is -1.18. The predicted molar refractivity (Wildman–Crippen MR) is 87.9 cm³/mol. The normalized spacial score (nSPS) is 13.8. The lowest BCUT2D eigenvalue weighted by Gasteiger charge is -2.18. The fourth-order valence-corrected chi connectivity index (χ4v) is 2.53. The van der Waals surface area contributed by atoms with Gasteiger partial charge in [0.2, 0.25) is 5.91 Å². The summed E-state index contributed by atoms with van der Waals surface area (Å²) < 4.78 is 1.00. The van der Waals surface area contributed by atoms with Crippen molar-refractivity contribution in [1.29, 1.82) is 0 Å². The first kappa shape index (κ1) is 17.9. The molecule has 0 saturated heterocycles. The summed E-state index contributed by atoms with van der Waals surface area (Å²) in [4.78, 5) is 23.1. The first-order valence-electron chi connectivity index (χ1n) is 6.75. The first-order chi connectivity index (χ1) is 9.79. The molecule has 0 bridgehead atoms. The minimum absolute atomic E-state index is 0.157. The number of carboxylic acid groups (broad SMARTS) is 1. The van der Waals surface area contributed by atoms with Crippen LogP contribution in [-0.4, -0.2) is 34.2 Å². The van der Waals surface area contributed by atoms with Gasteiger partial charge >= 0.3 is 5.97 Å². The number of aliphatic hydroxyl groups is 1. The number of hydrogen-bond acceptors (Lipinski definition) is 3. The summed E-state index contributed by atoms with van der Waals surface area (Å²) in [6.07, 6.45) is -0.684. The van der Waals surface area contributed by atoms with Crippen LogP contribution in [0.5, 0.6) is 0 Å². The van der Waals surface area contributed by atoms with E-state index < -0.39 is 24.0 Å². The van der Waals surface area contributed by atoms with Gasteiger partial charge in [-0.3, -0.25) is 4.79 Å². The Morgan fingerprint density at radius 2 is 2.00 bits per heavy atom. The van der Waals surface area contributed by atoms with Crippen molar-refractivity contribution in [1.82, 2.24) is 5.32 Å². The van der Waals surface area contributed by atoms with Crippen LogP contribution < -0.4 is 5.32 Å². The monoisotopic (exact) mass is 405 g/mol. The fraction of sp³-hybridized carbons (Fsp3) is 0.467. The van der Waals surface area contributed by atoms with Crippen molar-refractivity contribution in [3.05, 3.63) is 33.4 Å². The average molecular weight is 405 g/mol. The van der Waals surface area contributed by atoms with Crippen LogP contribution in [0.25, 0.3) is 0 Å². The third kappa shape index (κ3) is 6.43. The van der Waals surface area contributed by atoms with E-state index in [1.807, 2.05) is 38.1 Å². The van der Waals surface area contributed by atoms with Crippen molar-refractivity contribution < 1.29 is 19.8 Å². The molecule has 0 fully saturated rings. The number of rotatable bonds is 7. The lowest BCUT2D eigenvalue weighted by molar-refractivity contribution is -0.143. The van der Waals surface area contributed by atoms with Crippen molar-refractivity contribution in [2.75, 3.05) is 0 Å². The van der Waals surface area contributed by atoms with Crippen molar-refractivity contribution in [3.8, 4) is 0 Å². The summed E-state index contributed by atoms with van der Waals surface area (Å²) in [5.41, 5.74) is 0.827. The van der Waals surface area contributed by atoms with E-state index in [4.69, 9.17) is 0 Å². The third-order valence-electron chi connectivity index (χ3n) is 2.94. The zero-order chi connectivity index (χ0) is 16.0. The second-order valence-electron chi connectivity index (χ2n) is 5.38. The second kappa shape index (κ2) is 8.33. The van der Waals surface area contributed by atoms with Crippen LogP contribution in [0, 0.1) is 9.49 Å². The lowest BCUT2D eigenvalue weighted by atomic mass is 10.0. The zero-order valence-corrected chi connectivity index (χ0v) is 14.2. The topological polar surface area (TPSA) is 86.6 Å². The van der Waals surface area contributed by atoms with Crippen molar-refractivity contribution in [2.45, 2.75) is 38.8 Å². The standard InChI is InChI=1S/C15H20INO4/c1-9(2)6-13(18)14(19)17-12(15(20)21)8-10-4-3-5-11(16)7-10/h3-5,7,9,12-13,18H,6,8H2,1-2H3,(H,17,19)(H,20,21)/t12-,13+/m0/s1. The summed E-state index contributed by atoms with van der Waals surface area (Å²) in [5, 5.41) is 21.3. The number of nitrogens with one attached hydrogen (secondary N) is 1. The van der Waals surface area contributed by atoms with E-state index in [0.29, 0.717) is 6.42 Å². The Balaban J connectivity index is 2.70. The number of halogens is 1. The molecule has 1 aromatic rings. The number of hydrogen-bond donors (Lipinski definition) is 3. The molecule has 5 nitrogen and oxygen atoms in total. The van der Waals surface area contributed by atoms with Crippen LogP contribution in [0.2, 0.25) is 0 Å². The molecule has 6 heteroatoms. The Labute approximate surface area is 137 Å². The molecule has 0 radical (unpaired) electrons. The van der Waals surface area contributed by atoms with Crippen LogP contribution in [0.4, 0.5) is 0 Å². The first-order valence-corrected chi connectivity index (χ1v) is 7.83. The van der Waals surface area contributed by atoms with Gasteiger partial charge in [0.1, 0.15) is 12.1 Å². The molecule has 1 amide bonds. The number of carbonyl (C=O) groups is 2. The number of carboxylic acids is 1. The lowest BCUT2D eigenvalue weighted by Crippen LogP contribution is -2.46. The van der Waals surface area contributed by atoms with Gasteiger partial charge in [0.15, 0.2) is 0 Å². The highest BCUT2D eigenvalue weighted by Crippen LogP contribution is 2.11. The summed E-state index contributed by atoms with van der Waals surface area (Å²) in [6, 6.07) is 6.38. The highest BCUT2D eigenvalue weighted by Gasteiger charge is 2.24. The highest BCUT2D eigenvalue weighted by atomic mass is 127. The molecule has 0 aliphatic heterocycles. The molecule has 1 rings (SSSR count). The van der Waals surface area contributed by atoms with Crippen LogP contribution in [0.1, 0.15) is 25.8 Å². The molecular formula is C15H20INO4. The SMILES string of the molecule is CC(C)C[C@@H](O)C(=O)N[C@@H](Cc1cccc(I)c1)C(=O)O. The molecule has 1 aromatic carbocycles. The minimum Gasteiger partial charge on any atom is -0.480 e. The van der Waals surface area contributed by atoms with E-state index in [2.05, 4.69) is 27.9 Å². The van der Waals surface area contributed by atoms with E-state index in [1.54, 1.807) is 0 Å². The Hall–Kier alpha value is -1.15. The van der Waals surface area contributed by atoms with Crippen molar-refractivity contribution in [3.63, 3.8) is 0 Å². The number of benzene rings is 1. The van der Waals surface area contributed by atoms with E-state index in [0.717, 1.165) is 9.13 Å². The van der Waals surface area contributed by atoms with E-state index in [1.165, 1.54) is 0 Å². The zero-order valence-electron chi connectivity index (χ0n) is 12.0. The van der Waals surface area contributed by atoms with Gasteiger partial charge in [-0.15, -0.1) is 0 Å². The van der Waals surface area contributed by atoms with Gasteiger partial charge in [-0.25, -0.2) is 4.79 Å². The van der Waals surface area contributed by atoms with E-state index in [9.17, 15) is 19.8 Å². The molecule has 0 saturated carbocycles. The van der Waals surface area contributed by atoms with Crippen LogP contribution in [0.3, 0.4) is 0 Å². The van der Waals surface area contributed by atoms with Crippen LogP contribution in [0.15, 0.2) is 24.3 Å². The van der Waals surface area contributed by atoms with Gasteiger partial charge < -0.3 is 15.5 Å². The molecule has 0 aromatic heterocycles. The van der Waals surface area contributed by atoms with Crippen molar-refractivity contribution in [2.24, 2.45) is 5.92 Å². The van der Waals surface area contributed by atoms with Gasteiger partial charge in [-0.05, 0) is 52.6 Å². The number of aliphatic hydroxyl groups excluding tert-OH is 1.